The van der Waals surface area contributed by atoms with Gasteiger partial charge in [-0.25, -0.2) is 0 Å². The third-order valence-electron chi connectivity index (χ3n) is 3.58. The Morgan fingerprint density at radius 2 is 2.35 bits per heavy atom. The van der Waals surface area contributed by atoms with Gasteiger partial charge < -0.3 is 4.90 Å². The second kappa shape index (κ2) is 4.90. The molecule has 1 aliphatic rings. The monoisotopic (exact) mass is 235 g/mol. The van der Waals surface area contributed by atoms with Gasteiger partial charge >= 0.3 is 0 Å². The molecule has 1 saturated heterocycles. The maximum absolute atomic E-state index is 12.4. The highest BCUT2D eigenvalue weighted by atomic mass is 16.2. The van der Waals surface area contributed by atoms with Crippen LogP contribution < -0.4 is 0 Å². The quantitative estimate of drug-likeness (QED) is 0.787. The van der Waals surface area contributed by atoms with Gasteiger partial charge in [0.05, 0.1) is 11.8 Å². The summed E-state index contributed by atoms with van der Waals surface area (Å²) in [6.07, 6.45) is 4.06. The average molecular weight is 235 g/mol. The SMILES string of the molecule is CCn1ncc(C(=O)N2CCC[C@H](C)C2)c1C. The predicted octanol–water partition coefficient (Wildman–Crippen LogP) is 2.08. The standard InChI is InChI=1S/C13H21N3O/c1-4-16-11(3)12(8-14-16)13(17)15-7-5-6-10(2)9-15/h8,10H,4-7,9H2,1-3H3/t10-/m0/s1. The maximum atomic E-state index is 12.4. The third kappa shape index (κ3) is 2.35. The van der Waals surface area contributed by atoms with E-state index in [0.29, 0.717) is 5.92 Å². The molecule has 0 saturated carbocycles. The van der Waals surface area contributed by atoms with Crippen molar-refractivity contribution in [3.8, 4) is 0 Å². The van der Waals surface area contributed by atoms with E-state index >= 15 is 0 Å². The van der Waals surface area contributed by atoms with E-state index in [9.17, 15) is 4.79 Å². The van der Waals surface area contributed by atoms with Crippen molar-refractivity contribution in [3.05, 3.63) is 17.5 Å². The number of carbonyl (C=O) groups is 1. The van der Waals surface area contributed by atoms with Crippen LogP contribution in [0.5, 0.6) is 0 Å². The zero-order chi connectivity index (χ0) is 12.4. The Morgan fingerprint density at radius 1 is 1.59 bits per heavy atom. The van der Waals surface area contributed by atoms with Crippen LogP contribution >= 0.6 is 0 Å². The molecule has 0 unspecified atom stereocenters. The predicted molar refractivity (Wildman–Crippen MR) is 66.9 cm³/mol. The fourth-order valence-electron chi connectivity index (χ4n) is 2.52. The molecule has 1 atom stereocenters. The number of nitrogens with zero attached hydrogens (tertiary/aromatic N) is 3. The first-order chi connectivity index (χ1) is 8.13. The van der Waals surface area contributed by atoms with Crippen molar-refractivity contribution in [1.29, 1.82) is 0 Å². The molecule has 2 rings (SSSR count). The van der Waals surface area contributed by atoms with Crippen molar-refractivity contribution in [1.82, 2.24) is 14.7 Å². The summed E-state index contributed by atoms with van der Waals surface area (Å²) in [5.41, 5.74) is 1.75. The van der Waals surface area contributed by atoms with Crippen molar-refractivity contribution >= 4 is 5.91 Å². The van der Waals surface area contributed by atoms with Gasteiger partial charge in [-0.05, 0) is 32.6 Å². The Labute approximate surface area is 103 Å². The summed E-state index contributed by atoms with van der Waals surface area (Å²) in [7, 11) is 0. The van der Waals surface area contributed by atoms with E-state index < -0.39 is 0 Å². The van der Waals surface area contributed by atoms with Crippen molar-refractivity contribution in [2.24, 2.45) is 5.92 Å². The van der Waals surface area contributed by atoms with Crippen molar-refractivity contribution in [3.63, 3.8) is 0 Å². The molecule has 4 nitrogen and oxygen atoms in total. The number of piperidine rings is 1. The van der Waals surface area contributed by atoms with E-state index in [1.54, 1.807) is 6.20 Å². The average Bonchev–Trinajstić information content (AvgIpc) is 2.69. The molecule has 17 heavy (non-hydrogen) atoms. The van der Waals surface area contributed by atoms with Crippen LogP contribution in [0.25, 0.3) is 0 Å². The molecule has 0 bridgehead atoms. The minimum atomic E-state index is 0.147. The fraction of sp³-hybridized carbons (Fsp3) is 0.692. The summed E-state index contributed by atoms with van der Waals surface area (Å²) in [6, 6.07) is 0. The lowest BCUT2D eigenvalue weighted by Gasteiger charge is -2.30. The van der Waals surface area contributed by atoms with Crippen LogP contribution in [0.4, 0.5) is 0 Å². The molecule has 0 spiro atoms. The molecule has 94 valence electrons. The molecule has 0 N–H and O–H groups in total. The zero-order valence-electron chi connectivity index (χ0n) is 10.9. The van der Waals surface area contributed by atoms with Crippen LogP contribution in [0.15, 0.2) is 6.20 Å². The van der Waals surface area contributed by atoms with Crippen molar-refractivity contribution in [2.45, 2.75) is 40.2 Å². The van der Waals surface area contributed by atoms with Crippen molar-refractivity contribution in [2.75, 3.05) is 13.1 Å². The minimum absolute atomic E-state index is 0.147. The van der Waals surface area contributed by atoms with E-state index in [-0.39, 0.29) is 5.91 Å². The second-order valence-electron chi connectivity index (χ2n) is 4.96. The molecule has 1 aliphatic heterocycles. The summed E-state index contributed by atoms with van der Waals surface area (Å²) in [5.74, 6) is 0.767. The number of rotatable bonds is 2. The number of aromatic nitrogens is 2. The molecule has 1 fully saturated rings. The molecule has 0 radical (unpaired) electrons. The normalized spacial score (nSPS) is 20.6. The third-order valence-corrected chi connectivity index (χ3v) is 3.58. The summed E-state index contributed by atoms with van der Waals surface area (Å²) in [5, 5.41) is 4.24. The summed E-state index contributed by atoms with van der Waals surface area (Å²) in [4.78, 5) is 14.3. The number of amides is 1. The van der Waals surface area contributed by atoms with E-state index in [4.69, 9.17) is 0 Å². The smallest absolute Gasteiger partial charge is 0.257 e. The first-order valence-corrected chi connectivity index (χ1v) is 6.45. The fourth-order valence-corrected chi connectivity index (χ4v) is 2.52. The number of hydrogen-bond acceptors (Lipinski definition) is 2. The van der Waals surface area contributed by atoms with E-state index in [1.807, 2.05) is 23.4 Å². The van der Waals surface area contributed by atoms with E-state index in [1.165, 1.54) is 6.42 Å². The van der Waals surface area contributed by atoms with Gasteiger partial charge in [-0.3, -0.25) is 9.48 Å². The van der Waals surface area contributed by atoms with Gasteiger partial charge in [-0.15, -0.1) is 0 Å². The van der Waals surface area contributed by atoms with Gasteiger partial charge in [-0.2, -0.15) is 5.10 Å². The highest BCUT2D eigenvalue weighted by Crippen LogP contribution is 2.19. The van der Waals surface area contributed by atoms with Gasteiger partial charge in [0.2, 0.25) is 0 Å². The minimum Gasteiger partial charge on any atom is -0.338 e. The van der Waals surface area contributed by atoms with E-state index in [2.05, 4.69) is 12.0 Å². The van der Waals surface area contributed by atoms with Gasteiger partial charge in [0, 0.05) is 25.3 Å². The van der Waals surface area contributed by atoms with Crippen LogP contribution in [0.1, 0.15) is 42.7 Å². The lowest BCUT2D eigenvalue weighted by Crippen LogP contribution is -2.39. The van der Waals surface area contributed by atoms with Crippen LogP contribution in [0.3, 0.4) is 0 Å². The molecule has 1 aromatic rings. The van der Waals surface area contributed by atoms with Crippen LogP contribution in [-0.4, -0.2) is 33.7 Å². The van der Waals surface area contributed by atoms with Crippen molar-refractivity contribution < 1.29 is 4.79 Å². The van der Waals surface area contributed by atoms with E-state index in [0.717, 1.165) is 37.3 Å². The first kappa shape index (κ1) is 12.1. The molecule has 2 heterocycles. The molecule has 0 aliphatic carbocycles. The van der Waals surface area contributed by atoms with Gasteiger partial charge in [0.25, 0.3) is 5.91 Å². The Morgan fingerprint density at radius 3 is 2.94 bits per heavy atom. The number of aryl methyl sites for hydroxylation is 1. The topological polar surface area (TPSA) is 38.1 Å². The zero-order valence-corrected chi connectivity index (χ0v) is 10.9. The molecular formula is C13H21N3O. The Bertz CT molecular complexity index is 411. The van der Waals surface area contributed by atoms with Gasteiger partial charge in [-0.1, -0.05) is 6.92 Å². The Balaban J connectivity index is 2.16. The number of carbonyl (C=O) groups excluding carboxylic acids is 1. The summed E-state index contributed by atoms with van der Waals surface area (Å²) < 4.78 is 1.88. The molecular weight excluding hydrogens is 214 g/mol. The first-order valence-electron chi connectivity index (χ1n) is 6.45. The lowest BCUT2D eigenvalue weighted by molar-refractivity contribution is 0.0682. The van der Waals surface area contributed by atoms with Crippen LogP contribution in [-0.2, 0) is 6.54 Å². The molecule has 1 aromatic heterocycles. The Hall–Kier alpha value is -1.32. The molecule has 1 amide bonds. The van der Waals surface area contributed by atoms with Gasteiger partial charge in [0.15, 0.2) is 0 Å². The van der Waals surface area contributed by atoms with Crippen LogP contribution in [0, 0.1) is 12.8 Å². The number of likely N-dealkylation sites (tertiary alicyclic amines) is 1. The maximum Gasteiger partial charge on any atom is 0.257 e. The second-order valence-corrected chi connectivity index (χ2v) is 4.96. The van der Waals surface area contributed by atoms with Crippen LogP contribution in [0.2, 0.25) is 0 Å². The highest BCUT2D eigenvalue weighted by molar-refractivity contribution is 5.95. The molecule has 0 aromatic carbocycles. The lowest BCUT2D eigenvalue weighted by atomic mass is 9.99. The Kier molecular flexibility index (Phi) is 3.50. The highest BCUT2D eigenvalue weighted by Gasteiger charge is 2.24. The summed E-state index contributed by atoms with van der Waals surface area (Å²) >= 11 is 0. The van der Waals surface area contributed by atoms with Gasteiger partial charge in [0.1, 0.15) is 0 Å². The largest absolute Gasteiger partial charge is 0.338 e. The summed E-state index contributed by atoms with van der Waals surface area (Å²) in [6.45, 7) is 8.81. The molecule has 4 heteroatoms. The number of hydrogen-bond donors (Lipinski definition) is 0.